The third-order valence-electron chi connectivity index (χ3n) is 3.30. The second-order valence-electron chi connectivity index (χ2n) is 5.79. The normalized spacial score (nSPS) is 15.1. The highest BCUT2D eigenvalue weighted by Crippen LogP contribution is 2.23. The molecule has 2 atom stereocenters. The third-order valence-corrected chi connectivity index (χ3v) is 4.20. The van der Waals surface area contributed by atoms with Crippen LogP contribution in [0.1, 0.15) is 68.6 Å². The van der Waals surface area contributed by atoms with Gasteiger partial charge in [0.1, 0.15) is 0 Å². The van der Waals surface area contributed by atoms with Crippen molar-refractivity contribution in [3.63, 3.8) is 0 Å². The molecule has 1 rings (SSSR count). The summed E-state index contributed by atoms with van der Waals surface area (Å²) < 4.78 is 0. The Bertz CT molecular complexity index is 357. The average molecular weight is 268 g/mol. The van der Waals surface area contributed by atoms with E-state index in [1.807, 2.05) is 0 Å². The minimum absolute atomic E-state index is 0.365. The van der Waals surface area contributed by atoms with Gasteiger partial charge in [0.25, 0.3) is 0 Å². The molecule has 0 bridgehead atoms. The zero-order valence-electron chi connectivity index (χ0n) is 12.7. The van der Waals surface area contributed by atoms with E-state index in [0.717, 1.165) is 5.92 Å². The number of hydrogen-bond donors (Lipinski definition) is 1. The van der Waals surface area contributed by atoms with Crippen molar-refractivity contribution in [3.05, 3.63) is 15.6 Å². The van der Waals surface area contributed by atoms with E-state index in [4.69, 9.17) is 0 Å². The maximum atomic E-state index is 4.63. The Morgan fingerprint density at radius 3 is 2.28 bits per heavy atom. The molecule has 104 valence electrons. The minimum Gasteiger partial charge on any atom is -0.306 e. The van der Waals surface area contributed by atoms with Crippen LogP contribution in [0.5, 0.6) is 0 Å². The molecular formula is C15H28N2S. The van der Waals surface area contributed by atoms with Crippen LogP contribution in [0.2, 0.25) is 0 Å². The number of nitrogens with one attached hydrogen (secondary N) is 1. The molecular weight excluding hydrogens is 240 g/mol. The van der Waals surface area contributed by atoms with Crippen LogP contribution in [0.4, 0.5) is 0 Å². The van der Waals surface area contributed by atoms with Crippen LogP contribution < -0.4 is 5.32 Å². The Morgan fingerprint density at radius 2 is 1.78 bits per heavy atom. The van der Waals surface area contributed by atoms with Gasteiger partial charge in [-0.25, -0.2) is 4.98 Å². The Labute approximate surface area is 116 Å². The van der Waals surface area contributed by atoms with E-state index in [1.54, 1.807) is 11.3 Å². The van der Waals surface area contributed by atoms with Gasteiger partial charge in [0, 0.05) is 17.0 Å². The predicted octanol–water partition coefficient (Wildman–Crippen LogP) is 4.63. The molecule has 0 radical (unpaired) electrons. The number of aryl methyl sites for hydroxylation is 2. The highest BCUT2D eigenvalue weighted by molar-refractivity contribution is 7.11. The van der Waals surface area contributed by atoms with Gasteiger partial charge < -0.3 is 5.32 Å². The molecule has 0 amide bonds. The van der Waals surface area contributed by atoms with Crippen molar-refractivity contribution in [2.45, 2.75) is 72.9 Å². The number of hydrogen-bond acceptors (Lipinski definition) is 3. The summed E-state index contributed by atoms with van der Waals surface area (Å²) in [5.41, 5.74) is 1.23. The lowest BCUT2D eigenvalue weighted by Gasteiger charge is -2.19. The summed E-state index contributed by atoms with van der Waals surface area (Å²) in [6.07, 6.45) is 3.90. The molecule has 0 aliphatic rings. The van der Waals surface area contributed by atoms with Crippen molar-refractivity contribution in [3.8, 4) is 0 Å². The SMILES string of the molecule is Cc1nc(C(C)NC(C)CCCC(C)C)c(C)s1. The lowest BCUT2D eigenvalue weighted by atomic mass is 10.0. The summed E-state index contributed by atoms with van der Waals surface area (Å²) in [6, 6.07) is 0.934. The molecule has 0 fully saturated rings. The number of thiazole rings is 1. The second-order valence-corrected chi connectivity index (χ2v) is 7.20. The van der Waals surface area contributed by atoms with Gasteiger partial charge in [-0.3, -0.25) is 0 Å². The van der Waals surface area contributed by atoms with Gasteiger partial charge in [-0.05, 0) is 40.0 Å². The van der Waals surface area contributed by atoms with E-state index in [0.29, 0.717) is 12.1 Å². The predicted molar refractivity (Wildman–Crippen MR) is 81.3 cm³/mol. The van der Waals surface area contributed by atoms with Crippen LogP contribution >= 0.6 is 11.3 Å². The summed E-state index contributed by atoms with van der Waals surface area (Å²) in [5, 5.41) is 4.84. The molecule has 1 heterocycles. The molecule has 0 saturated heterocycles. The standard InChI is InChI=1S/C15H28N2S/c1-10(2)8-7-9-11(3)16-12(4)15-13(5)18-14(6)17-15/h10-12,16H,7-9H2,1-6H3. The number of rotatable bonds is 7. The van der Waals surface area contributed by atoms with Crippen molar-refractivity contribution in [1.29, 1.82) is 0 Å². The van der Waals surface area contributed by atoms with Crippen LogP contribution in [0.25, 0.3) is 0 Å². The minimum atomic E-state index is 0.365. The molecule has 0 spiro atoms. The van der Waals surface area contributed by atoms with E-state index in [1.165, 1.54) is 34.8 Å². The van der Waals surface area contributed by atoms with Gasteiger partial charge in [0.15, 0.2) is 0 Å². The zero-order chi connectivity index (χ0) is 13.7. The van der Waals surface area contributed by atoms with Crippen LogP contribution in [0, 0.1) is 19.8 Å². The zero-order valence-corrected chi connectivity index (χ0v) is 13.5. The molecule has 2 unspecified atom stereocenters. The summed E-state index contributed by atoms with van der Waals surface area (Å²) in [5.74, 6) is 0.818. The highest BCUT2D eigenvalue weighted by Gasteiger charge is 2.15. The maximum Gasteiger partial charge on any atom is 0.0900 e. The van der Waals surface area contributed by atoms with Crippen molar-refractivity contribution in [2.24, 2.45) is 5.92 Å². The van der Waals surface area contributed by atoms with E-state index in [9.17, 15) is 0 Å². The van der Waals surface area contributed by atoms with E-state index < -0.39 is 0 Å². The first kappa shape index (κ1) is 15.6. The van der Waals surface area contributed by atoms with Crippen LogP contribution in [0.3, 0.4) is 0 Å². The fourth-order valence-electron chi connectivity index (χ4n) is 2.37. The highest BCUT2D eigenvalue weighted by atomic mass is 32.1. The Morgan fingerprint density at radius 1 is 1.11 bits per heavy atom. The van der Waals surface area contributed by atoms with E-state index >= 15 is 0 Å². The van der Waals surface area contributed by atoms with E-state index in [2.05, 4.69) is 51.8 Å². The molecule has 0 saturated carbocycles. The number of aromatic nitrogens is 1. The quantitative estimate of drug-likeness (QED) is 0.780. The molecule has 0 aliphatic heterocycles. The van der Waals surface area contributed by atoms with E-state index in [-0.39, 0.29) is 0 Å². The molecule has 0 aliphatic carbocycles. The van der Waals surface area contributed by atoms with Gasteiger partial charge in [-0.1, -0.05) is 26.7 Å². The van der Waals surface area contributed by atoms with Crippen molar-refractivity contribution >= 4 is 11.3 Å². The molecule has 1 N–H and O–H groups in total. The Kier molecular flexibility index (Phi) is 6.30. The van der Waals surface area contributed by atoms with Gasteiger partial charge in [-0.15, -0.1) is 11.3 Å². The fraction of sp³-hybridized carbons (Fsp3) is 0.800. The lowest BCUT2D eigenvalue weighted by Crippen LogP contribution is -2.29. The third kappa shape index (κ3) is 5.07. The first-order chi connectivity index (χ1) is 8.40. The first-order valence-corrected chi connectivity index (χ1v) is 7.91. The van der Waals surface area contributed by atoms with Crippen molar-refractivity contribution in [2.75, 3.05) is 0 Å². The summed E-state index contributed by atoms with van der Waals surface area (Å²) in [7, 11) is 0. The smallest absolute Gasteiger partial charge is 0.0900 e. The van der Waals surface area contributed by atoms with Crippen molar-refractivity contribution < 1.29 is 0 Å². The summed E-state index contributed by atoms with van der Waals surface area (Å²) in [6.45, 7) is 13.3. The van der Waals surface area contributed by atoms with Crippen LogP contribution in [-0.2, 0) is 0 Å². The summed E-state index contributed by atoms with van der Waals surface area (Å²) in [4.78, 5) is 5.98. The van der Waals surface area contributed by atoms with Gasteiger partial charge in [-0.2, -0.15) is 0 Å². The first-order valence-electron chi connectivity index (χ1n) is 7.10. The molecule has 3 heteroatoms. The lowest BCUT2D eigenvalue weighted by molar-refractivity contribution is 0.420. The van der Waals surface area contributed by atoms with Gasteiger partial charge in [0.2, 0.25) is 0 Å². The molecule has 2 nitrogen and oxygen atoms in total. The second kappa shape index (κ2) is 7.25. The van der Waals surface area contributed by atoms with Crippen molar-refractivity contribution in [1.82, 2.24) is 10.3 Å². The summed E-state index contributed by atoms with van der Waals surface area (Å²) >= 11 is 1.80. The fourth-order valence-corrected chi connectivity index (χ4v) is 3.28. The molecule has 0 aromatic carbocycles. The maximum absolute atomic E-state index is 4.63. The average Bonchev–Trinajstić information content (AvgIpc) is 2.57. The van der Waals surface area contributed by atoms with Gasteiger partial charge >= 0.3 is 0 Å². The number of nitrogens with zero attached hydrogens (tertiary/aromatic N) is 1. The van der Waals surface area contributed by atoms with Crippen LogP contribution in [-0.4, -0.2) is 11.0 Å². The Balaban J connectivity index is 2.39. The van der Waals surface area contributed by atoms with Crippen LogP contribution in [0.15, 0.2) is 0 Å². The molecule has 1 aromatic rings. The largest absolute Gasteiger partial charge is 0.306 e. The topological polar surface area (TPSA) is 24.9 Å². The monoisotopic (exact) mass is 268 g/mol. The molecule has 18 heavy (non-hydrogen) atoms. The molecule has 1 aromatic heterocycles. The van der Waals surface area contributed by atoms with Gasteiger partial charge in [0.05, 0.1) is 10.7 Å². The Hall–Kier alpha value is -0.410.